The van der Waals surface area contributed by atoms with Gasteiger partial charge in [-0.1, -0.05) is 0 Å². The Bertz CT molecular complexity index is 104. The summed E-state index contributed by atoms with van der Waals surface area (Å²) in [6, 6.07) is 0. The standard InChI is InChI=1S/C7H13NO2/c1-7(9)6-8(2)4-5-10-3/h1H,4-6H2,2-3H3. The molecule has 10 heavy (non-hydrogen) atoms. The van der Waals surface area contributed by atoms with Gasteiger partial charge in [0.1, 0.15) is 0 Å². The minimum Gasteiger partial charge on any atom is -0.383 e. The molecule has 0 bridgehead atoms. The molecule has 0 fully saturated rings. The number of likely N-dealkylation sites (N-methyl/N-ethyl adjacent to an activating group) is 1. The number of carbonyl (C=O) groups is 1. The summed E-state index contributed by atoms with van der Waals surface area (Å²) in [5.74, 6) is -0.307. The molecule has 0 unspecified atom stereocenters. The van der Waals surface area contributed by atoms with Crippen LogP contribution in [0.3, 0.4) is 0 Å². The molecular weight excluding hydrogens is 130 g/mol. The van der Waals surface area contributed by atoms with Gasteiger partial charge in [0.15, 0.2) is 5.78 Å². The van der Waals surface area contributed by atoms with E-state index in [0.29, 0.717) is 13.2 Å². The van der Waals surface area contributed by atoms with E-state index in [9.17, 15) is 4.79 Å². The van der Waals surface area contributed by atoms with Crippen LogP contribution in [0.15, 0.2) is 0 Å². The molecule has 0 saturated carbocycles. The number of rotatable bonds is 5. The first-order valence-electron chi connectivity index (χ1n) is 3.12. The van der Waals surface area contributed by atoms with E-state index in [0.717, 1.165) is 6.54 Å². The Morgan fingerprint density at radius 1 is 1.70 bits per heavy atom. The molecule has 0 aromatic carbocycles. The van der Waals surface area contributed by atoms with Gasteiger partial charge in [0.2, 0.25) is 0 Å². The number of methoxy groups -OCH3 is 1. The van der Waals surface area contributed by atoms with Crippen LogP contribution in [0.1, 0.15) is 0 Å². The Balaban J connectivity index is 3.25. The first kappa shape index (κ1) is 9.59. The number of Topliss-reactive ketones (excluding diaryl/α,β-unsaturated/α-hetero) is 1. The van der Waals surface area contributed by atoms with Gasteiger partial charge in [0, 0.05) is 20.6 Å². The van der Waals surface area contributed by atoms with Crippen molar-refractivity contribution >= 4 is 5.78 Å². The predicted molar refractivity (Wildman–Crippen MR) is 38.7 cm³/mol. The van der Waals surface area contributed by atoms with Gasteiger partial charge in [0.05, 0.1) is 13.2 Å². The maximum Gasteiger partial charge on any atom is 0.151 e. The second kappa shape index (κ2) is 5.38. The zero-order chi connectivity index (χ0) is 7.98. The summed E-state index contributed by atoms with van der Waals surface area (Å²) in [5, 5.41) is 0. The lowest BCUT2D eigenvalue weighted by atomic mass is 10.4. The molecule has 0 aliphatic carbocycles. The Kier molecular flexibility index (Phi) is 5.16. The van der Waals surface area contributed by atoms with Crippen molar-refractivity contribution in [3.8, 4) is 0 Å². The molecule has 0 spiro atoms. The van der Waals surface area contributed by atoms with Gasteiger partial charge < -0.3 is 4.74 Å². The zero-order valence-corrected chi connectivity index (χ0v) is 6.46. The second-order valence-corrected chi connectivity index (χ2v) is 2.20. The lowest BCUT2D eigenvalue weighted by Gasteiger charge is -2.12. The summed E-state index contributed by atoms with van der Waals surface area (Å²) < 4.78 is 4.80. The highest BCUT2D eigenvalue weighted by molar-refractivity contribution is 5.84. The summed E-state index contributed by atoms with van der Waals surface area (Å²) in [6.45, 7) is 6.60. The fourth-order valence-corrected chi connectivity index (χ4v) is 0.592. The number of nitrogens with zero attached hydrogens (tertiary/aromatic N) is 1. The smallest absolute Gasteiger partial charge is 0.151 e. The van der Waals surface area contributed by atoms with Crippen LogP contribution in [0, 0.1) is 6.92 Å². The van der Waals surface area contributed by atoms with Crippen LogP contribution in [0.5, 0.6) is 0 Å². The Labute approximate surface area is 62.0 Å². The van der Waals surface area contributed by atoms with Gasteiger partial charge >= 0.3 is 0 Å². The normalized spacial score (nSPS) is 10.4. The van der Waals surface area contributed by atoms with E-state index in [-0.39, 0.29) is 5.78 Å². The van der Waals surface area contributed by atoms with Gasteiger partial charge in [-0.15, -0.1) is 0 Å². The van der Waals surface area contributed by atoms with Gasteiger partial charge in [-0.3, -0.25) is 9.69 Å². The molecule has 2 radical (unpaired) electrons. The molecule has 0 aromatic rings. The molecule has 3 nitrogen and oxygen atoms in total. The average molecular weight is 143 g/mol. The van der Waals surface area contributed by atoms with Crippen molar-refractivity contribution in [2.75, 3.05) is 33.9 Å². The van der Waals surface area contributed by atoms with Crippen LogP contribution >= 0.6 is 0 Å². The van der Waals surface area contributed by atoms with Crippen molar-refractivity contribution < 1.29 is 9.53 Å². The third-order valence-electron chi connectivity index (χ3n) is 1.10. The molecule has 0 amide bonds. The Hall–Kier alpha value is -0.410. The van der Waals surface area contributed by atoms with Crippen molar-refractivity contribution in [2.45, 2.75) is 0 Å². The van der Waals surface area contributed by atoms with E-state index in [2.05, 4.69) is 0 Å². The zero-order valence-electron chi connectivity index (χ0n) is 6.46. The molecule has 3 heteroatoms. The topological polar surface area (TPSA) is 29.5 Å². The maximum absolute atomic E-state index is 10.3. The van der Waals surface area contributed by atoms with Crippen LogP contribution in [0.25, 0.3) is 0 Å². The van der Waals surface area contributed by atoms with Crippen molar-refractivity contribution in [3.05, 3.63) is 6.92 Å². The Morgan fingerprint density at radius 2 is 2.30 bits per heavy atom. The summed E-state index contributed by atoms with van der Waals surface area (Å²) in [7, 11) is 3.45. The van der Waals surface area contributed by atoms with E-state index in [1.165, 1.54) is 0 Å². The van der Waals surface area contributed by atoms with Gasteiger partial charge in [-0.2, -0.15) is 0 Å². The van der Waals surface area contributed by atoms with E-state index in [1.54, 1.807) is 7.11 Å². The van der Waals surface area contributed by atoms with E-state index in [1.807, 2.05) is 11.9 Å². The molecule has 0 aliphatic rings. The highest BCUT2D eigenvalue weighted by Crippen LogP contribution is 1.81. The van der Waals surface area contributed by atoms with Crippen molar-refractivity contribution in [1.29, 1.82) is 0 Å². The molecule has 58 valence electrons. The first-order chi connectivity index (χ1) is 4.66. The summed E-state index contributed by atoms with van der Waals surface area (Å²) in [5.41, 5.74) is 0. The molecule has 0 aliphatic heterocycles. The van der Waals surface area contributed by atoms with E-state index < -0.39 is 0 Å². The lowest BCUT2D eigenvalue weighted by Crippen LogP contribution is -2.27. The molecule has 0 saturated heterocycles. The predicted octanol–water partition coefficient (Wildman–Crippen LogP) is -0.155. The van der Waals surface area contributed by atoms with E-state index >= 15 is 0 Å². The average Bonchev–Trinajstić information content (AvgIpc) is 1.82. The van der Waals surface area contributed by atoms with Gasteiger partial charge in [-0.05, 0) is 7.05 Å². The SMILES string of the molecule is [CH]C(=O)CN(C)CCOC. The molecule has 0 N–H and O–H groups in total. The highest BCUT2D eigenvalue weighted by atomic mass is 16.5. The number of hydrogen-bond acceptors (Lipinski definition) is 3. The molecular formula is C7H13NO2. The number of hydrogen-bond donors (Lipinski definition) is 0. The summed E-state index contributed by atoms with van der Waals surface area (Å²) in [6.07, 6.45) is 0. The first-order valence-corrected chi connectivity index (χ1v) is 3.12. The van der Waals surface area contributed by atoms with Crippen molar-refractivity contribution in [2.24, 2.45) is 0 Å². The second-order valence-electron chi connectivity index (χ2n) is 2.20. The summed E-state index contributed by atoms with van der Waals surface area (Å²) in [4.78, 5) is 12.1. The lowest BCUT2D eigenvalue weighted by molar-refractivity contribution is -0.115. The van der Waals surface area contributed by atoms with E-state index in [4.69, 9.17) is 11.7 Å². The highest BCUT2D eigenvalue weighted by Gasteiger charge is 1.99. The van der Waals surface area contributed by atoms with Crippen LogP contribution in [-0.4, -0.2) is 44.5 Å². The van der Waals surface area contributed by atoms with Crippen LogP contribution in [0.4, 0.5) is 0 Å². The minimum absolute atomic E-state index is 0.295. The van der Waals surface area contributed by atoms with Crippen LogP contribution < -0.4 is 0 Å². The third kappa shape index (κ3) is 5.72. The summed E-state index contributed by atoms with van der Waals surface area (Å²) >= 11 is 0. The number of carbonyl (C=O) groups excluding carboxylic acids is 1. The fourth-order valence-electron chi connectivity index (χ4n) is 0.592. The van der Waals surface area contributed by atoms with Crippen LogP contribution in [-0.2, 0) is 9.53 Å². The van der Waals surface area contributed by atoms with Crippen molar-refractivity contribution in [3.63, 3.8) is 0 Å². The number of ketones is 1. The monoisotopic (exact) mass is 143 g/mol. The molecule has 0 rings (SSSR count). The fraction of sp³-hybridized carbons (Fsp3) is 0.714. The third-order valence-corrected chi connectivity index (χ3v) is 1.10. The quantitative estimate of drug-likeness (QED) is 0.536. The van der Waals surface area contributed by atoms with Gasteiger partial charge in [0.25, 0.3) is 0 Å². The van der Waals surface area contributed by atoms with Crippen molar-refractivity contribution in [1.82, 2.24) is 4.90 Å². The minimum atomic E-state index is -0.307. The Morgan fingerprint density at radius 3 is 2.70 bits per heavy atom. The van der Waals surface area contributed by atoms with Crippen LogP contribution in [0.2, 0.25) is 0 Å². The molecule has 0 heterocycles. The molecule has 0 aromatic heterocycles. The largest absolute Gasteiger partial charge is 0.383 e. The van der Waals surface area contributed by atoms with Gasteiger partial charge in [-0.25, -0.2) is 0 Å². The maximum atomic E-state index is 10.3. The number of ether oxygens (including phenoxy) is 1. The molecule has 0 atom stereocenters.